The zero-order valence-electron chi connectivity index (χ0n) is 10.6. The molecule has 96 valence electrons. The van der Waals surface area contributed by atoms with Crippen molar-refractivity contribution in [3.8, 4) is 0 Å². The second-order valence-corrected chi connectivity index (χ2v) is 5.28. The molecule has 0 radical (unpaired) electrons. The number of halogens is 1. The molecule has 3 rings (SSSR count). The highest BCUT2D eigenvalue weighted by atomic mass is 35.5. The lowest BCUT2D eigenvalue weighted by molar-refractivity contribution is 0.302. The highest BCUT2D eigenvalue weighted by Crippen LogP contribution is 2.35. The van der Waals surface area contributed by atoms with Crippen LogP contribution in [-0.2, 0) is 5.54 Å². The van der Waals surface area contributed by atoms with Gasteiger partial charge in [0.1, 0.15) is 0 Å². The van der Waals surface area contributed by atoms with E-state index in [0.717, 1.165) is 12.8 Å². The van der Waals surface area contributed by atoms with Gasteiger partial charge in [-0.1, -0.05) is 55.7 Å². The summed E-state index contributed by atoms with van der Waals surface area (Å²) in [6, 6.07) is 15.2. The Labute approximate surface area is 115 Å². The maximum atomic E-state index is 6.57. The third-order valence-corrected chi connectivity index (χ3v) is 4.07. The molecule has 1 fully saturated rings. The van der Waals surface area contributed by atoms with E-state index >= 15 is 0 Å². The number of fused-ring (bicyclic) bond motifs is 1. The highest BCUT2D eigenvalue weighted by molar-refractivity contribution is 5.85. The summed E-state index contributed by atoms with van der Waals surface area (Å²) in [6.45, 7) is 0. The topological polar surface area (TPSA) is 26.0 Å². The molecule has 2 aromatic carbocycles. The molecule has 18 heavy (non-hydrogen) atoms. The van der Waals surface area contributed by atoms with E-state index in [2.05, 4.69) is 42.5 Å². The van der Waals surface area contributed by atoms with E-state index in [-0.39, 0.29) is 17.9 Å². The Morgan fingerprint density at radius 2 is 1.50 bits per heavy atom. The van der Waals surface area contributed by atoms with Crippen LogP contribution in [0.3, 0.4) is 0 Å². The van der Waals surface area contributed by atoms with Crippen LogP contribution in [0.1, 0.15) is 37.7 Å². The third kappa shape index (κ3) is 2.38. The smallest absolute Gasteiger partial charge is 0.0409 e. The van der Waals surface area contributed by atoms with Crippen molar-refractivity contribution >= 4 is 23.2 Å². The van der Waals surface area contributed by atoms with Gasteiger partial charge in [0.15, 0.2) is 0 Å². The number of benzene rings is 2. The van der Waals surface area contributed by atoms with Gasteiger partial charge in [-0.15, -0.1) is 12.4 Å². The molecule has 0 atom stereocenters. The van der Waals surface area contributed by atoms with Crippen molar-refractivity contribution in [3.05, 3.63) is 48.0 Å². The van der Waals surface area contributed by atoms with Crippen molar-refractivity contribution in [2.75, 3.05) is 0 Å². The maximum absolute atomic E-state index is 6.57. The molecule has 0 unspecified atom stereocenters. The van der Waals surface area contributed by atoms with Crippen molar-refractivity contribution in [2.45, 2.75) is 37.6 Å². The average Bonchev–Trinajstić information content (AvgIpc) is 2.39. The minimum atomic E-state index is -0.0811. The van der Waals surface area contributed by atoms with Crippen molar-refractivity contribution < 1.29 is 0 Å². The Bertz CT molecular complexity index is 529. The standard InChI is InChI=1S/C16H19N.ClH/c17-16(10-4-1-5-11-16)15-9-8-13-6-2-3-7-14(13)12-15;/h2-3,6-9,12H,1,4-5,10-11,17H2;1H. The molecule has 0 aromatic heterocycles. The molecule has 1 aliphatic carbocycles. The Morgan fingerprint density at radius 3 is 2.22 bits per heavy atom. The largest absolute Gasteiger partial charge is 0.321 e. The van der Waals surface area contributed by atoms with Gasteiger partial charge in [0.2, 0.25) is 0 Å². The van der Waals surface area contributed by atoms with Gasteiger partial charge in [0.25, 0.3) is 0 Å². The van der Waals surface area contributed by atoms with Crippen molar-refractivity contribution in [3.63, 3.8) is 0 Å². The molecule has 2 aromatic rings. The van der Waals surface area contributed by atoms with E-state index in [9.17, 15) is 0 Å². The van der Waals surface area contributed by atoms with Crippen molar-refractivity contribution in [1.82, 2.24) is 0 Å². The number of hydrogen-bond acceptors (Lipinski definition) is 1. The first-order chi connectivity index (χ1) is 8.28. The minimum absolute atomic E-state index is 0. The molecule has 0 bridgehead atoms. The van der Waals surface area contributed by atoms with Gasteiger partial charge < -0.3 is 5.73 Å². The van der Waals surface area contributed by atoms with Crippen LogP contribution in [0.15, 0.2) is 42.5 Å². The van der Waals surface area contributed by atoms with E-state index < -0.39 is 0 Å². The summed E-state index contributed by atoms with van der Waals surface area (Å²) < 4.78 is 0. The zero-order valence-corrected chi connectivity index (χ0v) is 11.4. The van der Waals surface area contributed by atoms with Crippen molar-refractivity contribution in [2.24, 2.45) is 5.73 Å². The average molecular weight is 262 g/mol. The maximum Gasteiger partial charge on any atom is 0.0409 e. The summed E-state index contributed by atoms with van der Waals surface area (Å²) in [5.41, 5.74) is 7.81. The molecular weight excluding hydrogens is 242 g/mol. The van der Waals surface area contributed by atoms with E-state index in [4.69, 9.17) is 5.73 Å². The number of rotatable bonds is 1. The van der Waals surface area contributed by atoms with Crippen LogP contribution >= 0.6 is 12.4 Å². The van der Waals surface area contributed by atoms with E-state index in [1.807, 2.05) is 0 Å². The SMILES string of the molecule is Cl.NC1(c2ccc3ccccc3c2)CCCCC1. The monoisotopic (exact) mass is 261 g/mol. The van der Waals surface area contributed by atoms with Crippen LogP contribution in [0, 0.1) is 0 Å². The first-order valence-electron chi connectivity index (χ1n) is 6.56. The van der Waals surface area contributed by atoms with E-state index in [1.54, 1.807) is 0 Å². The molecule has 0 amide bonds. The first kappa shape index (κ1) is 13.4. The fourth-order valence-electron chi connectivity index (χ4n) is 2.97. The molecule has 0 saturated heterocycles. The summed E-state index contributed by atoms with van der Waals surface area (Å²) in [4.78, 5) is 0. The quantitative estimate of drug-likeness (QED) is 0.810. The third-order valence-electron chi connectivity index (χ3n) is 4.07. The van der Waals surface area contributed by atoms with Crippen LogP contribution in [0.25, 0.3) is 10.8 Å². The lowest BCUT2D eigenvalue weighted by Crippen LogP contribution is -2.38. The van der Waals surface area contributed by atoms with Crippen LogP contribution < -0.4 is 5.73 Å². The lowest BCUT2D eigenvalue weighted by Gasteiger charge is -2.34. The molecule has 1 nitrogen and oxygen atoms in total. The zero-order chi connectivity index (χ0) is 11.7. The van der Waals surface area contributed by atoms with Gasteiger partial charge in [-0.3, -0.25) is 0 Å². The predicted molar refractivity (Wildman–Crippen MR) is 80.1 cm³/mol. The second-order valence-electron chi connectivity index (χ2n) is 5.28. The van der Waals surface area contributed by atoms with Crippen LogP contribution in [0.4, 0.5) is 0 Å². The Kier molecular flexibility index (Phi) is 3.94. The summed E-state index contributed by atoms with van der Waals surface area (Å²) in [5.74, 6) is 0. The molecule has 0 heterocycles. The molecule has 0 aliphatic heterocycles. The summed E-state index contributed by atoms with van der Waals surface area (Å²) in [7, 11) is 0. The molecular formula is C16H20ClN. The van der Waals surface area contributed by atoms with Gasteiger partial charge in [-0.05, 0) is 35.2 Å². The van der Waals surface area contributed by atoms with Crippen LogP contribution in [0.5, 0.6) is 0 Å². The van der Waals surface area contributed by atoms with Gasteiger partial charge in [0, 0.05) is 5.54 Å². The number of hydrogen-bond donors (Lipinski definition) is 1. The summed E-state index contributed by atoms with van der Waals surface area (Å²) in [6.07, 6.45) is 6.13. The van der Waals surface area contributed by atoms with Crippen LogP contribution in [-0.4, -0.2) is 0 Å². The Morgan fingerprint density at radius 1 is 0.833 bits per heavy atom. The fourth-order valence-corrected chi connectivity index (χ4v) is 2.97. The second kappa shape index (κ2) is 5.29. The molecule has 1 saturated carbocycles. The van der Waals surface area contributed by atoms with Crippen molar-refractivity contribution in [1.29, 1.82) is 0 Å². The highest BCUT2D eigenvalue weighted by Gasteiger charge is 2.29. The molecule has 1 aliphatic rings. The number of nitrogens with two attached hydrogens (primary N) is 1. The molecule has 0 spiro atoms. The predicted octanol–water partition coefficient (Wildman–Crippen LogP) is 4.38. The van der Waals surface area contributed by atoms with Gasteiger partial charge in [-0.25, -0.2) is 0 Å². The lowest BCUT2D eigenvalue weighted by atomic mass is 9.77. The Balaban J connectivity index is 0.00000120. The summed E-state index contributed by atoms with van der Waals surface area (Å²) >= 11 is 0. The summed E-state index contributed by atoms with van der Waals surface area (Å²) in [5, 5.41) is 2.61. The van der Waals surface area contributed by atoms with Crippen LogP contribution in [0.2, 0.25) is 0 Å². The van der Waals surface area contributed by atoms with Gasteiger partial charge in [-0.2, -0.15) is 0 Å². The van der Waals surface area contributed by atoms with E-state index in [0.29, 0.717) is 0 Å². The normalized spacial score (nSPS) is 18.3. The van der Waals surface area contributed by atoms with Gasteiger partial charge >= 0.3 is 0 Å². The minimum Gasteiger partial charge on any atom is -0.321 e. The fraction of sp³-hybridized carbons (Fsp3) is 0.375. The molecule has 2 N–H and O–H groups in total. The van der Waals surface area contributed by atoms with E-state index in [1.165, 1.54) is 35.6 Å². The van der Waals surface area contributed by atoms with Gasteiger partial charge in [0.05, 0.1) is 0 Å². The molecule has 2 heteroatoms. The first-order valence-corrected chi connectivity index (χ1v) is 6.56. The Hall–Kier alpha value is -1.05.